The van der Waals surface area contributed by atoms with Crippen LogP contribution in [-0.2, 0) is 11.3 Å². The topological polar surface area (TPSA) is 88.1 Å². The predicted octanol–water partition coefficient (Wildman–Crippen LogP) is 3.44. The van der Waals surface area contributed by atoms with E-state index in [0.717, 1.165) is 24.1 Å². The molecule has 2 aromatic rings. The zero-order chi connectivity index (χ0) is 18.4. The number of carbonyl (C=O) groups excluding carboxylic acids is 2. The maximum atomic E-state index is 12.3. The number of carbonyl (C=O) groups is 2. The van der Waals surface area contributed by atoms with E-state index in [1.807, 2.05) is 37.7 Å². The SMILES string of the molecule is CC[C@@H](NC(=O)Nc1ccc(C)c(NC(C)=O)c1)c1cnn(CC)c1. The van der Waals surface area contributed by atoms with Crippen LogP contribution in [0, 0.1) is 6.92 Å². The van der Waals surface area contributed by atoms with Crippen molar-refractivity contribution in [2.45, 2.75) is 46.7 Å². The predicted molar refractivity (Wildman–Crippen MR) is 98.6 cm³/mol. The highest BCUT2D eigenvalue weighted by molar-refractivity contribution is 5.93. The van der Waals surface area contributed by atoms with Crippen LogP contribution in [0.2, 0.25) is 0 Å². The van der Waals surface area contributed by atoms with Crippen LogP contribution >= 0.6 is 0 Å². The number of benzene rings is 1. The molecule has 2 rings (SSSR count). The standard InChI is InChI=1S/C18H25N5O2/c1-5-16(14-10-19-23(6-2)11-14)22-18(25)21-15-8-7-12(3)17(9-15)20-13(4)24/h7-11,16H,5-6H2,1-4H3,(H,20,24)(H2,21,22,25)/t16-/m1/s1. The number of nitrogens with one attached hydrogen (secondary N) is 3. The average molecular weight is 343 g/mol. The van der Waals surface area contributed by atoms with Gasteiger partial charge in [-0.1, -0.05) is 13.0 Å². The molecular formula is C18H25N5O2. The average Bonchev–Trinajstić information content (AvgIpc) is 3.04. The number of urea groups is 1. The van der Waals surface area contributed by atoms with E-state index in [1.165, 1.54) is 6.92 Å². The van der Waals surface area contributed by atoms with Gasteiger partial charge in [0.15, 0.2) is 0 Å². The smallest absolute Gasteiger partial charge is 0.319 e. The highest BCUT2D eigenvalue weighted by atomic mass is 16.2. The summed E-state index contributed by atoms with van der Waals surface area (Å²) in [6.45, 7) is 8.16. The van der Waals surface area contributed by atoms with Crippen LogP contribution in [-0.4, -0.2) is 21.7 Å². The first-order valence-electron chi connectivity index (χ1n) is 8.41. The summed E-state index contributed by atoms with van der Waals surface area (Å²) in [5, 5.41) is 12.8. The Bertz CT molecular complexity index is 754. The van der Waals surface area contributed by atoms with Crippen LogP contribution in [0.5, 0.6) is 0 Å². The minimum absolute atomic E-state index is 0.111. The van der Waals surface area contributed by atoms with Crippen molar-refractivity contribution >= 4 is 23.3 Å². The van der Waals surface area contributed by atoms with E-state index in [1.54, 1.807) is 18.3 Å². The third-order valence-corrected chi connectivity index (χ3v) is 3.90. The van der Waals surface area contributed by atoms with Gasteiger partial charge in [-0.3, -0.25) is 9.48 Å². The van der Waals surface area contributed by atoms with Gasteiger partial charge >= 0.3 is 6.03 Å². The first-order chi connectivity index (χ1) is 11.9. The zero-order valence-electron chi connectivity index (χ0n) is 15.1. The van der Waals surface area contributed by atoms with E-state index in [4.69, 9.17) is 0 Å². The molecule has 25 heavy (non-hydrogen) atoms. The number of anilines is 2. The molecule has 1 aromatic carbocycles. The van der Waals surface area contributed by atoms with E-state index in [2.05, 4.69) is 21.0 Å². The van der Waals surface area contributed by atoms with E-state index in [-0.39, 0.29) is 18.0 Å². The van der Waals surface area contributed by atoms with Crippen molar-refractivity contribution in [3.63, 3.8) is 0 Å². The molecule has 0 aliphatic heterocycles. The first-order valence-corrected chi connectivity index (χ1v) is 8.41. The van der Waals surface area contributed by atoms with Crippen LogP contribution < -0.4 is 16.0 Å². The van der Waals surface area contributed by atoms with Gasteiger partial charge in [0.2, 0.25) is 5.91 Å². The molecule has 3 N–H and O–H groups in total. The molecule has 0 bridgehead atoms. The lowest BCUT2D eigenvalue weighted by Crippen LogP contribution is -2.32. The van der Waals surface area contributed by atoms with E-state index in [9.17, 15) is 9.59 Å². The third-order valence-electron chi connectivity index (χ3n) is 3.90. The summed E-state index contributed by atoms with van der Waals surface area (Å²) in [6, 6.07) is 4.99. The van der Waals surface area contributed by atoms with Gasteiger partial charge in [-0.2, -0.15) is 5.10 Å². The number of nitrogens with zero attached hydrogens (tertiary/aromatic N) is 2. The molecule has 7 nitrogen and oxygen atoms in total. The molecule has 1 heterocycles. The lowest BCUT2D eigenvalue weighted by Gasteiger charge is -2.17. The van der Waals surface area contributed by atoms with Crippen molar-refractivity contribution in [1.82, 2.24) is 15.1 Å². The fraction of sp³-hybridized carbons (Fsp3) is 0.389. The van der Waals surface area contributed by atoms with Gasteiger partial charge in [-0.05, 0) is 38.0 Å². The van der Waals surface area contributed by atoms with E-state index in [0.29, 0.717) is 11.4 Å². The van der Waals surface area contributed by atoms with Gasteiger partial charge in [-0.15, -0.1) is 0 Å². The second kappa shape index (κ2) is 8.32. The first kappa shape index (κ1) is 18.5. The molecule has 0 radical (unpaired) electrons. The Kier molecular flexibility index (Phi) is 6.16. The summed E-state index contributed by atoms with van der Waals surface area (Å²) in [6.07, 6.45) is 4.47. The Morgan fingerprint density at radius 1 is 1.24 bits per heavy atom. The molecule has 134 valence electrons. The zero-order valence-corrected chi connectivity index (χ0v) is 15.1. The third kappa shape index (κ3) is 5.07. The quantitative estimate of drug-likeness (QED) is 0.751. The monoisotopic (exact) mass is 343 g/mol. The van der Waals surface area contributed by atoms with Crippen molar-refractivity contribution in [3.8, 4) is 0 Å². The Morgan fingerprint density at radius 3 is 2.60 bits per heavy atom. The number of aromatic nitrogens is 2. The summed E-state index contributed by atoms with van der Waals surface area (Å²) >= 11 is 0. The molecule has 3 amide bonds. The van der Waals surface area contributed by atoms with Crippen LogP contribution in [0.1, 0.15) is 44.4 Å². The molecule has 1 atom stereocenters. The molecule has 0 unspecified atom stereocenters. The van der Waals surface area contributed by atoms with Gasteiger partial charge in [0.05, 0.1) is 12.2 Å². The molecule has 0 aliphatic carbocycles. The van der Waals surface area contributed by atoms with Gasteiger partial charge in [0, 0.05) is 36.6 Å². The molecule has 0 fully saturated rings. The molecule has 0 saturated heterocycles. The van der Waals surface area contributed by atoms with Crippen LogP contribution in [0.25, 0.3) is 0 Å². The van der Waals surface area contributed by atoms with E-state index >= 15 is 0 Å². The Morgan fingerprint density at radius 2 is 2.00 bits per heavy atom. The lowest BCUT2D eigenvalue weighted by molar-refractivity contribution is -0.114. The lowest BCUT2D eigenvalue weighted by atomic mass is 10.1. The molecular weight excluding hydrogens is 318 g/mol. The summed E-state index contributed by atoms with van der Waals surface area (Å²) < 4.78 is 1.83. The number of rotatable bonds is 6. The summed E-state index contributed by atoms with van der Waals surface area (Å²) in [5.74, 6) is -0.149. The number of amides is 3. The van der Waals surface area contributed by atoms with Crippen molar-refractivity contribution < 1.29 is 9.59 Å². The van der Waals surface area contributed by atoms with Gasteiger partial charge in [-0.25, -0.2) is 4.79 Å². The number of aryl methyl sites for hydroxylation is 2. The fourth-order valence-electron chi connectivity index (χ4n) is 2.50. The normalized spacial score (nSPS) is 11.7. The van der Waals surface area contributed by atoms with Crippen LogP contribution in [0.15, 0.2) is 30.6 Å². The van der Waals surface area contributed by atoms with Crippen molar-refractivity contribution in [2.24, 2.45) is 0 Å². The molecule has 7 heteroatoms. The maximum absolute atomic E-state index is 12.3. The minimum atomic E-state index is -0.297. The van der Waals surface area contributed by atoms with Crippen molar-refractivity contribution in [2.75, 3.05) is 10.6 Å². The number of hydrogen-bond acceptors (Lipinski definition) is 3. The largest absolute Gasteiger partial charge is 0.331 e. The van der Waals surface area contributed by atoms with Crippen molar-refractivity contribution in [1.29, 1.82) is 0 Å². The molecule has 0 aliphatic rings. The Hall–Kier alpha value is -2.83. The number of hydrogen-bond donors (Lipinski definition) is 3. The highest BCUT2D eigenvalue weighted by Crippen LogP contribution is 2.21. The van der Waals surface area contributed by atoms with Gasteiger partial charge in [0.25, 0.3) is 0 Å². The summed E-state index contributed by atoms with van der Waals surface area (Å²) in [7, 11) is 0. The second-order valence-corrected chi connectivity index (χ2v) is 5.90. The molecule has 1 aromatic heterocycles. The second-order valence-electron chi connectivity index (χ2n) is 5.90. The Balaban J connectivity index is 2.04. The molecule has 0 saturated carbocycles. The highest BCUT2D eigenvalue weighted by Gasteiger charge is 2.15. The Labute approximate surface area is 147 Å². The maximum Gasteiger partial charge on any atom is 0.319 e. The molecule has 0 spiro atoms. The fourth-order valence-corrected chi connectivity index (χ4v) is 2.50. The summed E-state index contributed by atoms with van der Waals surface area (Å²) in [5.41, 5.74) is 3.20. The van der Waals surface area contributed by atoms with Gasteiger partial charge in [0.1, 0.15) is 0 Å². The van der Waals surface area contributed by atoms with Crippen LogP contribution in [0.4, 0.5) is 16.2 Å². The van der Waals surface area contributed by atoms with Gasteiger partial charge < -0.3 is 16.0 Å². The van der Waals surface area contributed by atoms with Crippen molar-refractivity contribution in [3.05, 3.63) is 41.7 Å². The summed E-state index contributed by atoms with van der Waals surface area (Å²) in [4.78, 5) is 23.6. The minimum Gasteiger partial charge on any atom is -0.331 e. The van der Waals surface area contributed by atoms with E-state index < -0.39 is 0 Å². The van der Waals surface area contributed by atoms with Crippen LogP contribution in [0.3, 0.4) is 0 Å².